The molecule has 0 saturated carbocycles. The van der Waals surface area contributed by atoms with Crippen molar-refractivity contribution in [3.63, 3.8) is 0 Å². The second-order valence-corrected chi connectivity index (χ2v) is 7.88. The van der Waals surface area contributed by atoms with Crippen molar-refractivity contribution in [2.75, 3.05) is 32.7 Å². The van der Waals surface area contributed by atoms with Gasteiger partial charge in [-0.05, 0) is 12.5 Å². The molecular formula is C21H28N6O10. The van der Waals surface area contributed by atoms with Crippen LogP contribution in [0.3, 0.4) is 0 Å². The Labute approximate surface area is 210 Å². The van der Waals surface area contributed by atoms with E-state index in [1.807, 2.05) is 0 Å². The molecule has 2 aliphatic heterocycles. The molecule has 0 bridgehead atoms. The number of hydrogen-bond acceptors (Lipinski definition) is 10. The highest BCUT2D eigenvalue weighted by Crippen LogP contribution is 2.12. The third-order valence-corrected chi connectivity index (χ3v) is 5.00. The molecule has 1 unspecified atom stereocenters. The van der Waals surface area contributed by atoms with Gasteiger partial charge in [-0.15, -0.1) is 5.06 Å². The van der Waals surface area contributed by atoms with E-state index in [1.54, 1.807) is 0 Å². The number of aliphatic hydroxyl groups excluding tert-OH is 1. The first-order chi connectivity index (χ1) is 17.6. The molecule has 0 aromatic heterocycles. The van der Waals surface area contributed by atoms with E-state index in [1.165, 1.54) is 17.1 Å². The largest absolute Gasteiger partial charge is 0.370 e. The Bertz CT molecular complexity index is 965. The van der Waals surface area contributed by atoms with Crippen LogP contribution in [-0.2, 0) is 43.2 Å². The van der Waals surface area contributed by atoms with Crippen molar-refractivity contribution in [1.82, 2.24) is 31.2 Å². The van der Waals surface area contributed by atoms with Crippen molar-refractivity contribution in [2.24, 2.45) is 0 Å². The summed E-state index contributed by atoms with van der Waals surface area (Å²) < 4.78 is 0. The molecular weight excluding hydrogens is 496 g/mol. The number of rotatable bonds is 14. The average molecular weight is 524 g/mol. The highest BCUT2D eigenvalue weighted by molar-refractivity contribution is 6.01. The maximum absolute atomic E-state index is 11.8. The van der Waals surface area contributed by atoms with Gasteiger partial charge in [-0.2, -0.15) is 0 Å². The summed E-state index contributed by atoms with van der Waals surface area (Å²) in [6.45, 7) is -1.26. The number of aliphatic hydroxyl groups is 1. The first kappa shape index (κ1) is 28.9. The summed E-state index contributed by atoms with van der Waals surface area (Å²) in [7, 11) is 0. The molecule has 202 valence electrons. The number of carbonyl (C=O) groups excluding carboxylic acids is 8. The second kappa shape index (κ2) is 14.3. The van der Waals surface area contributed by atoms with Crippen molar-refractivity contribution >= 4 is 47.3 Å². The predicted molar refractivity (Wildman–Crippen MR) is 120 cm³/mol. The molecule has 16 nitrogen and oxygen atoms in total. The van der Waals surface area contributed by atoms with Crippen LogP contribution in [0.2, 0.25) is 0 Å². The second-order valence-electron chi connectivity index (χ2n) is 7.88. The van der Waals surface area contributed by atoms with Gasteiger partial charge in [-0.1, -0.05) is 0 Å². The standard InChI is InChI=1S/C21H28N6O10/c28-13(2-1-9-26-17(32)3-4-18(26)33)23-11-15(30)25-12-16(31)24-10-14(29)22-8-7-21(36)37-27-19(34)5-6-20(27)35/h3-4,17,32H,1-2,5-12H2,(H,22,29)(H,23,28)(H,24,31)(H,25,30). The van der Waals surface area contributed by atoms with Gasteiger partial charge in [0, 0.05) is 38.4 Å². The smallest absolute Gasteiger partial charge is 0.334 e. The molecule has 5 N–H and O–H groups in total. The number of amides is 7. The van der Waals surface area contributed by atoms with Crippen LogP contribution in [0.15, 0.2) is 12.2 Å². The Hall–Kier alpha value is -4.34. The first-order valence-electron chi connectivity index (χ1n) is 11.4. The van der Waals surface area contributed by atoms with Crippen molar-refractivity contribution in [1.29, 1.82) is 0 Å². The monoisotopic (exact) mass is 524 g/mol. The SMILES string of the molecule is O=C(CCCN1C(=O)C=CC1O)NCC(=O)NCC(=O)NCC(=O)NCCC(=O)ON1C(=O)CCC1=O. The van der Waals surface area contributed by atoms with Crippen LogP contribution in [0.4, 0.5) is 0 Å². The molecule has 2 rings (SSSR count). The van der Waals surface area contributed by atoms with E-state index in [0.717, 1.165) is 0 Å². The van der Waals surface area contributed by atoms with Gasteiger partial charge < -0.3 is 36.1 Å². The summed E-state index contributed by atoms with van der Waals surface area (Å²) in [5, 5.41) is 19.2. The van der Waals surface area contributed by atoms with Crippen LogP contribution in [0.25, 0.3) is 0 Å². The highest BCUT2D eigenvalue weighted by atomic mass is 16.7. The van der Waals surface area contributed by atoms with Gasteiger partial charge in [-0.25, -0.2) is 4.79 Å². The van der Waals surface area contributed by atoms with Crippen LogP contribution < -0.4 is 21.3 Å². The Morgan fingerprint density at radius 2 is 1.38 bits per heavy atom. The van der Waals surface area contributed by atoms with Gasteiger partial charge in [0.25, 0.3) is 11.8 Å². The maximum atomic E-state index is 11.8. The van der Waals surface area contributed by atoms with Crippen LogP contribution >= 0.6 is 0 Å². The Morgan fingerprint density at radius 3 is 1.92 bits per heavy atom. The third-order valence-electron chi connectivity index (χ3n) is 5.00. The summed E-state index contributed by atoms with van der Waals surface area (Å²) in [6.07, 6.45) is 1.48. The lowest BCUT2D eigenvalue weighted by Crippen LogP contribution is -2.44. The molecule has 37 heavy (non-hydrogen) atoms. The topological polar surface area (TPSA) is 221 Å². The van der Waals surface area contributed by atoms with Gasteiger partial charge in [-0.3, -0.25) is 33.6 Å². The molecule has 0 aromatic carbocycles. The molecule has 0 aliphatic carbocycles. The van der Waals surface area contributed by atoms with E-state index >= 15 is 0 Å². The minimum Gasteiger partial charge on any atom is -0.370 e. The van der Waals surface area contributed by atoms with E-state index in [-0.39, 0.29) is 57.6 Å². The maximum Gasteiger partial charge on any atom is 0.334 e. The lowest BCUT2D eigenvalue weighted by atomic mass is 10.2. The fraction of sp³-hybridized carbons (Fsp3) is 0.524. The minimum atomic E-state index is -1.01. The van der Waals surface area contributed by atoms with Crippen LogP contribution in [0.1, 0.15) is 32.1 Å². The number of imide groups is 1. The molecule has 7 amide bonds. The fourth-order valence-electron chi connectivity index (χ4n) is 3.07. The normalized spacial score (nSPS) is 16.6. The summed E-state index contributed by atoms with van der Waals surface area (Å²) in [5.74, 6) is -4.88. The highest BCUT2D eigenvalue weighted by Gasteiger charge is 2.32. The first-order valence-corrected chi connectivity index (χ1v) is 11.4. The summed E-state index contributed by atoms with van der Waals surface area (Å²) in [5.41, 5.74) is 0. The van der Waals surface area contributed by atoms with Crippen LogP contribution in [0, 0.1) is 0 Å². The molecule has 2 aliphatic rings. The molecule has 1 saturated heterocycles. The van der Waals surface area contributed by atoms with E-state index in [2.05, 4.69) is 26.1 Å². The van der Waals surface area contributed by atoms with Gasteiger partial charge in [0.15, 0.2) is 0 Å². The molecule has 0 aromatic rings. The average Bonchev–Trinajstić information content (AvgIpc) is 3.35. The lowest BCUT2D eigenvalue weighted by Gasteiger charge is -2.19. The zero-order valence-electron chi connectivity index (χ0n) is 19.8. The van der Waals surface area contributed by atoms with Crippen LogP contribution in [0.5, 0.6) is 0 Å². The summed E-state index contributed by atoms with van der Waals surface area (Å²) in [6, 6.07) is 0. The van der Waals surface area contributed by atoms with E-state index in [4.69, 9.17) is 0 Å². The van der Waals surface area contributed by atoms with Gasteiger partial charge >= 0.3 is 5.97 Å². The Balaban J connectivity index is 1.48. The van der Waals surface area contributed by atoms with Crippen molar-refractivity contribution < 1.29 is 48.3 Å². The zero-order valence-corrected chi connectivity index (χ0v) is 19.8. The van der Waals surface area contributed by atoms with E-state index < -0.39 is 60.7 Å². The van der Waals surface area contributed by atoms with Gasteiger partial charge in [0.2, 0.25) is 29.5 Å². The van der Waals surface area contributed by atoms with Crippen LogP contribution in [-0.4, -0.2) is 101 Å². The van der Waals surface area contributed by atoms with Crippen molar-refractivity contribution in [2.45, 2.75) is 38.3 Å². The summed E-state index contributed by atoms with van der Waals surface area (Å²) >= 11 is 0. The van der Waals surface area contributed by atoms with Crippen molar-refractivity contribution in [3.8, 4) is 0 Å². The van der Waals surface area contributed by atoms with Crippen molar-refractivity contribution in [3.05, 3.63) is 12.2 Å². The molecule has 1 atom stereocenters. The minimum absolute atomic E-state index is 0.0194. The Morgan fingerprint density at radius 1 is 0.838 bits per heavy atom. The predicted octanol–water partition coefficient (Wildman–Crippen LogP) is -4.05. The molecule has 16 heteroatoms. The third kappa shape index (κ3) is 10.0. The van der Waals surface area contributed by atoms with E-state index in [0.29, 0.717) is 5.06 Å². The number of carbonyl (C=O) groups is 8. The lowest BCUT2D eigenvalue weighted by molar-refractivity contribution is -0.197. The Kier molecular flexibility index (Phi) is 11.1. The van der Waals surface area contributed by atoms with Gasteiger partial charge in [0.05, 0.1) is 26.1 Å². The molecule has 2 heterocycles. The number of hydroxylamine groups is 2. The van der Waals surface area contributed by atoms with Gasteiger partial charge in [0.1, 0.15) is 6.23 Å². The van der Waals surface area contributed by atoms with E-state index in [9.17, 15) is 43.5 Å². The number of hydrogen-bond donors (Lipinski definition) is 5. The summed E-state index contributed by atoms with van der Waals surface area (Å²) in [4.78, 5) is 98.7. The zero-order chi connectivity index (χ0) is 27.4. The molecule has 0 radical (unpaired) electrons. The molecule has 0 spiro atoms. The quantitative estimate of drug-likeness (QED) is 0.138. The molecule has 1 fully saturated rings. The number of nitrogens with zero attached hydrogens (tertiary/aromatic N) is 2. The fourth-order valence-corrected chi connectivity index (χ4v) is 3.07. The number of nitrogens with one attached hydrogen (secondary N) is 4.